The van der Waals surface area contributed by atoms with E-state index in [-0.39, 0.29) is 18.6 Å². The van der Waals surface area contributed by atoms with Gasteiger partial charge in [0.25, 0.3) is 5.91 Å². The highest BCUT2D eigenvalue weighted by atomic mass is 16.3. The summed E-state index contributed by atoms with van der Waals surface area (Å²) in [7, 11) is 0. The van der Waals surface area contributed by atoms with E-state index in [9.17, 15) is 9.90 Å². The molecule has 1 aliphatic carbocycles. The number of anilines is 4. The molecule has 1 amide bonds. The fourth-order valence-electron chi connectivity index (χ4n) is 3.97. The second-order valence-corrected chi connectivity index (χ2v) is 9.81. The average molecular weight is 474 g/mol. The summed E-state index contributed by atoms with van der Waals surface area (Å²) in [6.07, 6.45) is 4.53. The zero-order chi connectivity index (χ0) is 24.4. The van der Waals surface area contributed by atoms with Crippen LogP contribution in [0.15, 0.2) is 42.6 Å². The van der Waals surface area contributed by atoms with Crippen molar-refractivity contribution >= 4 is 29.2 Å². The lowest BCUT2D eigenvalue weighted by atomic mass is 9.90. The van der Waals surface area contributed by atoms with Crippen LogP contribution in [0.2, 0.25) is 0 Å². The molecule has 1 aliphatic heterocycles. The minimum absolute atomic E-state index is 0.0314. The molecule has 5 N–H and O–H groups in total. The first-order valence-corrected chi connectivity index (χ1v) is 12.0. The van der Waals surface area contributed by atoms with Crippen molar-refractivity contribution in [3.8, 4) is 0 Å². The normalized spacial score (nSPS) is 15.3. The summed E-state index contributed by atoms with van der Waals surface area (Å²) in [5, 5.41) is 22.6. The largest absolute Gasteiger partial charge is 0.395 e. The minimum atomic E-state index is -0.496. The number of aliphatic hydroxyl groups is 1. The molecule has 2 aromatic heterocycles. The zero-order valence-corrected chi connectivity index (χ0v) is 20.1. The Kier molecular flexibility index (Phi) is 6.36. The number of hydrogen-bond acceptors (Lipinski definition) is 8. The van der Waals surface area contributed by atoms with Gasteiger partial charge in [-0.05, 0) is 61.2 Å². The lowest BCUT2D eigenvalue weighted by molar-refractivity contribution is 0.0951. The minimum Gasteiger partial charge on any atom is -0.395 e. The van der Waals surface area contributed by atoms with E-state index in [1.54, 1.807) is 0 Å². The van der Waals surface area contributed by atoms with E-state index in [0.717, 1.165) is 43.7 Å². The van der Waals surface area contributed by atoms with Crippen molar-refractivity contribution in [3.63, 3.8) is 0 Å². The Bertz CT molecular complexity index is 1240. The van der Waals surface area contributed by atoms with Gasteiger partial charge in [-0.15, -0.1) is 0 Å². The molecule has 1 aromatic carbocycles. The molecule has 5 rings (SSSR count). The van der Waals surface area contributed by atoms with Crippen molar-refractivity contribution in [2.24, 2.45) is 0 Å². The molecule has 0 unspecified atom stereocenters. The van der Waals surface area contributed by atoms with E-state index < -0.39 is 5.41 Å². The standard InChI is InChI=1S/C26H31N7O2/c1-26(2,15-34)21-4-3-5-22(31-21)32-23-20(24(35)29-18-8-9-18)14-28-25(33-23)30-19-7-6-16-10-11-27-13-17(16)12-19/h3-7,12,14,18,27,34H,8-11,13,15H2,1-2H3,(H,29,35)(H2,28,30,31,32,33). The number of carbonyl (C=O) groups is 1. The Labute approximate surface area is 204 Å². The number of pyridine rings is 1. The van der Waals surface area contributed by atoms with Gasteiger partial charge in [0.05, 0.1) is 12.3 Å². The molecule has 3 heterocycles. The summed E-state index contributed by atoms with van der Waals surface area (Å²) >= 11 is 0. The van der Waals surface area contributed by atoms with Gasteiger partial charge >= 0.3 is 0 Å². The van der Waals surface area contributed by atoms with Gasteiger partial charge in [0, 0.05) is 29.9 Å². The molecule has 0 spiro atoms. The molecule has 3 aromatic rings. The van der Waals surface area contributed by atoms with Gasteiger partial charge in [-0.3, -0.25) is 4.79 Å². The third kappa shape index (κ3) is 5.41. The summed E-state index contributed by atoms with van der Waals surface area (Å²) in [6, 6.07) is 12.0. The maximum Gasteiger partial charge on any atom is 0.256 e. The molecule has 0 saturated heterocycles. The van der Waals surface area contributed by atoms with Gasteiger partial charge in [0.1, 0.15) is 17.2 Å². The number of amides is 1. The quantitative estimate of drug-likeness (QED) is 0.338. The summed E-state index contributed by atoms with van der Waals surface area (Å²) in [5.41, 5.74) is 4.09. The second kappa shape index (κ2) is 9.59. The van der Waals surface area contributed by atoms with Gasteiger partial charge in [-0.25, -0.2) is 9.97 Å². The molecule has 1 fully saturated rings. The first-order valence-electron chi connectivity index (χ1n) is 12.0. The first-order chi connectivity index (χ1) is 16.9. The van der Waals surface area contributed by atoms with Gasteiger partial charge < -0.3 is 26.4 Å². The molecule has 1 saturated carbocycles. The van der Waals surface area contributed by atoms with Crippen LogP contribution >= 0.6 is 0 Å². The van der Waals surface area contributed by atoms with Crippen LogP contribution in [0.5, 0.6) is 0 Å². The molecule has 35 heavy (non-hydrogen) atoms. The van der Waals surface area contributed by atoms with Crippen LogP contribution in [-0.2, 0) is 18.4 Å². The number of fused-ring (bicyclic) bond motifs is 1. The van der Waals surface area contributed by atoms with Crippen molar-refractivity contribution < 1.29 is 9.90 Å². The van der Waals surface area contributed by atoms with E-state index in [1.165, 1.54) is 17.3 Å². The summed E-state index contributed by atoms with van der Waals surface area (Å²) < 4.78 is 0. The highest BCUT2D eigenvalue weighted by Gasteiger charge is 2.26. The van der Waals surface area contributed by atoms with E-state index in [4.69, 9.17) is 0 Å². The Morgan fingerprint density at radius 1 is 1.14 bits per heavy atom. The topological polar surface area (TPSA) is 124 Å². The number of aromatic nitrogens is 3. The maximum atomic E-state index is 12.9. The number of nitrogens with zero attached hydrogens (tertiary/aromatic N) is 3. The zero-order valence-electron chi connectivity index (χ0n) is 20.1. The monoisotopic (exact) mass is 473 g/mol. The van der Waals surface area contributed by atoms with Crippen molar-refractivity contribution in [1.29, 1.82) is 0 Å². The third-order valence-electron chi connectivity index (χ3n) is 6.38. The van der Waals surface area contributed by atoms with E-state index in [2.05, 4.69) is 48.4 Å². The van der Waals surface area contributed by atoms with E-state index >= 15 is 0 Å². The highest BCUT2D eigenvalue weighted by Crippen LogP contribution is 2.27. The number of rotatable bonds is 8. The number of nitrogens with one attached hydrogen (secondary N) is 4. The van der Waals surface area contributed by atoms with Crippen LogP contribution in [0.25, 0.3) is 0 Å². The fourth-order valence-corrected chi connectivity index (χ4v) is 3.97. The number of aliphatic hydroxyl groups excluding tert-OH is 1. The van der Waals surface area contributed by atoms with Gasteiger partial charge in [-0.1, -0.05) is 26.0 Å². The van der Waals surface area contributed by atoms with Gasteiger partial charge in [0.2, 0.25) is 5.95 Å². The summed E-state index contributed by atoms with van der Waals surface area (Å²) in [4.78, 5) is 26.6. The molecule has 9 nitrogen and oxygen atoms in total. The summed E-state index contributed by atoms with van der Waals surface area (Å²) in [5.74, 6) is 1.07. The Balaban J connectivity index is 1.44. The van der Waals surface area contributed by atoms with Crippen LogP contribution in [0.3, 0.4) is 0 Å². The smallest absolute Gasteiger partial charge is 0.256 e. The maximum absolute atomic E-state index is 12.9. The first kappa shape index (κ1) is 23.2. The van der Waals surface area contributed by atoms with Crippen LogP contribution in [0, 0.1) is 0 Å². The molecule has 0 atom stereocenters. The van der Waals surface area contributed by atoms with Crippen LogP contribution < -0.4 is 21.3 Å². The Hall–Kier alpha value is -3.56. The van der Waals surface area contributed by atoms with Crippen LogP contribution in [0.4, 0.5) is 23.3 Å². The molecule has 0 bridgehead atoms. The van der Waals surface area contributed by atoms with Gasteiger partial charge in [0.15, 0.2) is 0 Å². The predicted molar refractivity (Wildman–Crippen MR) is 135 cm³/mol. The molecule has 2 aliphatic rings. The lowest BCUT2D eigenvalue weighted by Crippen LogP contribution is -2.27. The molecular weight excluding hydrogens is 442 g/mol. The fraction of sp³-hybridized carbons (Fsp3) is 0.385. The predicted octanol–water partition coefficient (Wildman–Crippen LogP) is 3.17. The highest BCUT2D eigenvalue weighted by molar-refractivity contribution is 5.99. The van der Waals surface area contributed by atoms with Crippen LogP contribution in [0.1, 0.15) is 53.9 Å². The van der Waals surface area contributed by atoms with Crippen molar-refractivity contribution in [3.05, 3.63) is 65.0 Å². The van der Waals surface area contributed by atoms with Crippen molar-refractivity contribution in [2.75, 3.05) is 23.8 Å². The number of hydrogen-bond donors (Lipinski definition) is 5. The molecule has 182 valence electrons. The van der Waals surface area contributed by atoms with Gasteiger partial charge in [-0.2, -0.15) is 4.98 Å². The number of carbonyl (C=O) groups excluding carboxylic acids is 1. The molecule has 9 heteroatoms. The number of benzene rings is 1. The van der Waals surface area contributed by atoms with Crippen molar-refractivity contribution in [1.82, 2.24) is 25.6 Å². The van der Waals surface area contributed by atoms with E-state index in [0.29, 0.717) is 23.1 Å². The lowest BCUT2D eigenvalue weighted by Gasteiger charge is -2.21. The van der Waals surface area contributed by atoms with E-state index in [1.807, 2.05) is 38.1 Å². The SMILES string of the molecule is CC(C)(CO)c1cccc(Nc2nc(Nc3ccc4c(c3)CNCC4)ncc2C(=O)NC2CC2)n1. The third-order valence-corrected chi connectivity index (χ3v) is 6.38. The average Bonchev–Trinajstić information content (AvgIpc) is 3.68. The summed E-state index contributed by atoms with van der Waals surface area (Å²) in [6.45, 7) is 5.65. The van der Waals surface area contributed by atoms with Crippen LogP contribution in [-0.4, -0.2) is 45.2 Å². The second-order valence-electron chi connectivity index (χ2n) is 9.81. The Morgan fingerprint density at radius 2 is 2.00 bits per heavy atom. The van der Waals surface area contributed by atoms with Crippen molar-refractivity contribution in [2.45, 2.75) is 51.1 Å². The molecular formula is C26H31N7O2. The Morgan fingerprint density at radius 3 is 2.80 bits per heavy atom. The molecule has 0 radical (unpaired) electrons.